The smallest absolute Gasteiger partial charge is 0.319 e. The molecule has 3 amide bonds. The van der Waals surface area contributed by atoms with Crippen molar-refractivity contribution in [1.29, 1.82) is 0 Å². The minimum absolute atomic E-state index is 0.0217. The largest absolute Gasteiger partial charge is 0.325 e. The number of carbonyl (C=O) groups excluding carboxylic acids is 2. The van der Waals surface area contributed by atoms with Crippen molar-refractivity contribution in [3.8, 4) is 0 Å². The van der Waals surface area contributed by atoms with Gasteiger partial charge in [-0.2, -0.15) is 0 Å². The highest BCUT2D eigenvalue weighted by atomic mass is 16.2. The number of nitrogens with one attached hydrogen (secondary N) is 1. The van der Waals surface area contributed by atoms with Gasteiger partial charge >= 0.3 is 6.03 Å². The van der Waals surface area contributed by atoms with Crippen molar-refractivity contribution in [2.45, 2.75) is 56.7 Å². The van der Waals surface area contributed by atoms with Gasteiger partial charge in [0.05, 0.1) is 0 Å². The standard InChI is InChI=1S/C26H31N3O2/c30-24-26(22-13-7-8-14-22,21-11-5-2-6-12-21)27-25(31)29(24)23-15-17-28(18-16-23)19-20-9-3-1-4-10-20/h1-6,9-12,22-23H,7-8,13-19H2,(H,27,31). The SMILES string of the molecule is O=C1NC(c2ccccc2)(C2CCCC2)C(=O)N1C1CCN(Cc2ccccc2)CC1. The first kappa shape index (κ1) is 20.3. The molecule has 3 aliphatic rings. The van der Waals surface area contributed by atoms with Crippen LogP contribution >= 0.6 is 0 Å². The fourth-order valence-corrected chi connectivity index (χ4v) is 5.84. The van der Waals surface area contributed by atoms with Crippen molar-refractivity contribution in [3.05, 3.63) is 71.8 Å². The molecular weight excluding hydrogens is 386 g/mol. The third-order valence-corrected chi connectivity index (χ3v) is 7.45. The molecule has 0 bridgehead atoms. The molecule has 0 aromatic heterocycles. The number of benzene rings is 2. The van der Waals surface area contributed by atoms with Crippen LogP contribution in [0.4, 0.5) is 4.79 Å². The molecule has 5 nitrogen and oxygen atoms in total. The van der Waals surface area contributed by atoms with Crippen LogP contribution in [0, 0.1) is 5.92 Å². The molecule has 1 saturated carbocycles. The van der Waals surface area contributed by atoms with E-state index in [4.69, 9.17) is 0 Å². The summed E-state index contributed by atoms with van der Waals surface area (Å²) in [6.07, 6.45) is 5.90. The Kier molecular flexibility index (Phi) is 5.53. The fraction of sp³-hybridized carbons (Fsp3) is 0.462. The number of rotatable bonds is 5. The predicted molar refractivity (Wildman–Crippen MR) is 120 cm³/mol. The molecule has 2 aromatic rings. The van der Waals surface area contributed by atoms with E-state index in [9.17, 15) is 9.59 Å². The van der Waals surface area contributed by atoms with Gasteiger partial charge in [0, 0.05) is 25.7 Å². The molecule has 162 valence electrons. The minimum atomic E-state index is -0.893. The monoisotopic (exact) mass is 417 g/mol. The maximum absolute atomic E-state index is 13.9. The molecule has 3 fully saturated rings. The number of piperidine rings is 1. The maximum Gasteiger partial charge on any atom is 0.325 e. The van der Waals surface area contributed by atoms with Crippen molar-refractivity contribution in [2.75, 3.05) is 13.1 Å². The summed E-state index contributed by atoms with van der Waals surface area (Å²) >= 11 is 0. The van der Waals surface area contributed by atoms with Crippen LogP contribution in [0.1, 0.15) is 49.7 Å². The van der Waals surface area contributed by atoms with E-state index >= 15 is 0 Å². The highest BCUT2D eigenvalue weighted by Crippen LogP contribution is 2.45. The van der Waals surface area contributed by atoms with Crippen LogP contribution in [0.15, 0.2) is 60.7 Å². The van der Waals surface area contributed by atoms with E-state index in [0.29, 0.717) is 0 Å². The van der Waals surface area contributed by atoms with Crippen molar-refractivity contribution >= 4 is 11.9 Å². The van der Waals surface area contributed by atoms with Gasteiger partial charge in [0.2, 0.25) is 0 Å². The highest BCUT2D eigenvalue weighted by molar-refractivity contribution is 6.08. The number of carbonyl (C=O) groups is 2. The van der Waals surface area contributed by atoms with Crippen molar-refractivity contribution in [2.24, 2.45) is 5.92 Å². The van der Waals surface area contributed by atoms with Gasteiger partial charge in [-0.15, -0.1) is 0 Å². The first-order valence-electron chi connectivity index (χ1n) is 11.7. The number of hydrogen-bond acceptors (Lipinski definition) is 3. The molecule has 5 rings (SSSR count). The van der Waals surface area contributed by atoms with Gasteiger partial charge in [-0.3, -0.25) is 14.6 Å². The van der Waals surface area contributed by atoms with E-state index in [2.05, 4.69) is 34.5 Å². The number of urea groups is 1. The summed E-state index contributed by atoms with van der Waals surface area (Å²) in [5.41, 5.74) is 1.35. The Morgan fingerprint density at radius 3 is 2.10 bits per heavy atom. The Morgan fingerprint density at radius 1 is 0.839 bits per heavy atom. The molecular formula is C26H31N3O2. The summed E-state index contributed by atoms with van der Waals surface area (Å²) < 4.78 is 0. The van der Waals surface area contributed by atoms with E-state index in [1.54, 1.807) is 4.90 Å². The lowest BCUT2D eigenvalue weighted by atomic mass is 9.76. The molecule has 1 N–H and O–H groups in total. The number of likely N-dealkylation sites (tertiary alicyclic amines) is 1. The lowest BCUT2D eigenvalue weighted by Gasteiger charge is -2.37. The molecule has 0 radical (unpaired) electrons. The molecule has 1 atom stereocenters. The molecule has 0 spiro atoms. The molecule has 2 saturated heterocycles. The third kappa shape index (κ3) is 3.65. The summed E-state index contributed by atoms with van der Waals surface area (Å²) in [7, 11) is 0. The van der Waals surface area contributed by atoms with Gasteiger partial charge in [-0.05, 0) is 42.7 Å². The van der Waals surface area contributed by atoms with E-state index in [-0.39, 0.29) is 23.9 Å². The zero-order chi connectivity index (χ0) is 21.3. The average Bonchev–Trinajstić information content (AvgIpc) is 3.43. The molecule has 1 unspecified atom stereocenters. The van der Waals surface area contributed by atoms with Gasteiger partial charge in [-0.1, -0.05) is 73.5 Å². The van der Waals surface area contributed by atoms with E-state index in [1.807, 2.05) is 36.4 Å². The van der Waals surface area contributed by atoms with Crippen LogP contribution in [0.5, 0.6) is 0 Å². The number of hydrogen-bond donors (Lipinski definition) is 1. The second-order valence-corrected chi connectivity index (χ2v) is 9.25. The van der Waals surface area contributed by atoms with Gasteiger partial charge < -0.3 is 5.32 Å². The van der Waals surface area contributed by atoms with E-state index < -0.39 is 5.54 Å². The number of nitrogens with zero attached hydrogens (tertiary/aromatic N) is 2. The second kappa shape index (κ2) is 8.46. The Balaban J connectivity index is 1.34. The van der Waals surface area contributed by atoms with Gasteiger partial charge in [0.1, 0.15) is 5.54 Å². The molecule has 1 aliphatic carbocycles. The molecule has 31 heavy (non-hydrogen) atoms. The number of imide groups is 1. The zero-order valence-electron chi connectivity index (χ0n) is 18.0. The van der Waals surface area contributed by atoms with Crippen LogP contribution in [0.3, 0.4) is 0 Å². The van der Waals surface area contributed by atoms with Crippen LogP contribution < -0.4 is 5.32 Å². The first-order valence-corrected chi connectivity index (χ1v) is 11.7. The lowest BCUT2D eigenvalue weighted by Crippen LogP contribution is -2.51. The Bertz CT molecular complexity index is 918. The van der Waals surface area contributed by atoms with Crippen molar-refractivity contribution < 1.29 is 9.59 Å². The second-order valence-electron chi connectivity index (χ2n) is 9.25. The van der Waals surface area contributed by atoms with Gasteiger partial charge in [0.25, 0.3) is 5.91 Å². The average molecular weight is 418 g/mol. The summed E-state index contributed by atoms with van der Waals surface area (Å²) in [6, 6.07) is 20.2. The first-order chi connectivity index (χ1) is 15.2. The molecule has 2 aliphatic heterocycles. The quantitative estimate of drug-likeness (QED) is 0.739. The van der Waals surface area contributed by atoms with Gasteiger partial charge in [-0.25, -0.2) is 4.79 Å². The molecule has 2 heterocycles. The number of amides is 3. The third-order valence-electron chi connectivity index (χ3n) is 7.45. The van der Waals surface area contributed by atoms with Crippen LogP contribution in [0.25, 0.3) is 0 Å². The summed E-state index contributed by atoms with van der Waals surface area (Å²) in [5, 5.41) is 3.20. The fourth-order valence-electron chi connectivity index (χ4n) is 5.84. The summed E-state index contributed by atoms with van der Waals surface area (Å²) in [6.45, 7) is 2.72. The van der Waals surface area contributed by atoms with Crippen molar-refractivity contribution in [3.63, 3.8) is 0 Å². The van der Waals surface area contributed by atoms with E-state index in [1.165, 1.54) is 5.56 Å². The Morgan fingerprint density at radius 2 is 1.45 bits per heavy atom. The van der Waals surface area contributed by atoms with Crippen LogP contribution in [-0.2, 0) is 16.9 Å². The lowest BCUT2D eigenvalue weighted by molar-refractivity contribution is -0.136. The zero-order valence-corrected chi connectivity index (χ0v) is 18.0. The molecule has 2 aromatic carbocycles. The normalized spacial score (nSPS) is 25.9. The highest BCUT2D eigenvalue weighted by Gasteiger charge is 2.58. The topological polar surface area (TPSA) is 52.7 Å². The Labute approximate surface area is 184 Å². The van der Waals surface area contributed by atoms with Crippen LogP contribution in [0.2, 0.25) is 0 Å². The maximum atomic E-state index is 13.9. The van der Waals surface area contributed by atoms with Crippen molar-refractivity contribution in [1.82, 2.24) is 15.1 Å². The van der Waals surface area contributed by atoms with E-state index in [0.717, 1.165) is 63.7 Å². The predicted octanol–water partition coefficient (Wildman–Crippen LogP) is 4.29. The minimum Gasteiger partial charge on any atom is -0.319 e. The summed E-state index contributed by atoms with van der Waals surface area (Å²) in [5.74, 6) is 0.145. The van der Waals surface area contributed by atoms with Crippen LogP contribution in [-0.4, -0.2) is 40.9 Å². The van der Waals surface area contributed by atoms with Gasteiger partial charge in [0.15, 0.2) is 0 Å². The Hall–Kier alpha value is -2.66. The molecule has 5 heteroatoms. The summed E-state index contributed by atoms with van der Waals surface area (Å²) in [4.78, 5) is 31.1.